The number of amides is 1. The molecule has 7 nitrogen and oxygen atoms in total. The molecule has 0 fully saturated rings. The number of nitrogens with zero attached hydrogens (tertiary/aromatic N) is 3. The largest absolute Gasteiger partial charge is 0.435 e. The van der Waals surface area contributed by atoms with E-state index in [1.165, 1.54) is 34.1 Å². The molecule has 30 heavy (non-hydrogen) atoms. The van der Waals surface area contributed by atoms with Crippen LogP contribution in [0.4, 0.5) is 8.78 Å². The molecular weight excluding hydrogens is 412 g/mol. The number of carbonyl (C=O) groups excluding carboxylic acids is 1. The lowest BCUT2D eigenvalue weighted by molar-refractivity contribution is -0.118. The van der Waals surface area contributed by atoms with Crippen LogP contribution in [0.25, 0.3) is 11.4 Å². The van der Waals surface area contributed by atoms with Gasteiger partial charge in [0.15, 0.2) is 5.82 Å². The summed E-state index contributed by atoms with van der Waals surface area (Å²) in [5, 5.41) is 11.2. The number of carbonyl (C=O) groups is 1. The number of aromatic nitrogens is 3. The van der Waals surface area contributed by atoms with Gasteiger partial charge in [0.2, 0.25) is 11.1 Å². The normalized spacial score (nSPS) is 10.9. The van der Waals surface area contributed by atoms with E-state index in [2.05, 4.69) is 32.4 Å². The first-order valence-electron chi connectivity index (χ1n) is 9.22. The molecule has 0 saturated heterocycles. The molecule has 0 spiro atoms. The first-order valence-corrected chi connectivity index (χ1v) is 10.2. The number of rotatable bonds is 10. The van der Waals surface area contributed by atoms with Crippen molar-refractivity contribution in [1.82, 2.24) is 20.2 Å². The van der Waals surface area contributed by atoms with E-state index in [4.69, 9.17) is 5.84 Å². The monoisotopic (exact) mass is 433 g/mol. The number of halogens is 2. The molecule has 0 aliphatic carbocycles. The highest BCUT2D eigenvalue weighted by atomic mass is 32.2. The number of aryl methyl sites for hydroxylation is 1. The Morgan fingerprint density at radius 1 is 1.13 bits per heavy atom. The van der Waals surface area contributed by atoms with Gasteiger partial charge in [-0.1, -0.05) is 42.1 Å². The van der Waals surface area contributed by atoms with Crippen LogP contribution in [-0.2, 0) is 11.2 Å². The highest BCUT2D eigenvalue weighted by Crippen LogP contribution is 2.24. The lowest BCUT2D eigenvalue weighted by Crippen LogP contribution is -2.26. The third-order valence-corrected chi connectivity index (χ3v) is 5.08. The average Bonchev–Trinajstić information content (AvgIpc) is 3.11. The summed E-state index contributed by atoms with van der Waals surface area (Å²) in [5.41, 5.74) is 1.82. The molecule has 0 unspecified atom stereocenters. The van der Waals surface area contributed by atoms with E-state index in [1.54, 1.807) is 12.1 Å². The molecule has 158 valence electrons. The maximum Gasteiger partial charge on any atom is 0.387 e. The standard InChI is InChI=1S/C20H21F2N5O2S/c21-19(22)29-16-10-8-15(9-11-16)18-25-26-20(27(18)23)30-13-17(28)24-12-4-7-14-5-2-1-3-6-14/h1-3,5-6,8-11,19H,4,7,12-13,23H2,(H,24,28). The summed E-state index contributed by atoms with van der Waals surface area (Å²) in [6, 6.07) is 16.0. The molecule has 3 rings (SSSR count). The van der Waals surface area contributed by atoms with Crippen molar-refractivity contribution in [1.29, 1.82) is 0 Å². The van der Waals surface area contributed by atoms with Crippen molar-refractivity contribution in [3.63, 3.8) is 0 Å². The number of alkyl halides is 2. The molecule has 1 aromatic heterocycles. The fourth-order valence-electron chi connectivity index (χ4n) is 2.70. The zero-order chi connectivity index (χ0) is 21.3. The van der Waals surface area contributed by atoms with E-state index in [0.717, 1.165) is 12.8 Å². The summed E-state index contributed by atoms with van der Waals surface area (Å²) in [6.07, 6.45) is 1.75. The number of nitrogen functional groups attached to an aromatic ring is 1. The van der Waals surface area contributed by atoms with E-state index < -0.39 is 6.61 Å². The topological polar surface area (TPSA) is 95.1 Å². The predicted octanol–water partition coefficient (Wildman–Crippen LogP) is 3.10. The molecule has 0 aliphatic rings. The average molecular weight is 433 g/mol. The molecule has 0 radical (unpaired) electrons. The van der Waals surface area contributed by atoms with Crippen molar-refractivity contribution in [3.8, 4) is 17.1 Å². The van der Waals surface area contributed by atoms with Crippen molar-refractivity contribution in [3.05, 3.63) is 60.2 Å². The van der Waals surface area contributed by atoms with Gasteiger partial charge in [-0.3, -0.25) is 4.79 Å². The Bertz CT molecular complexity index is 952. The van der Waals surface area contributed by atoms with Gasteiger partial charge in [-0.2, -0.15) is 8.78 Å². The Hall–Kier alpha value is -3.14. The Kier molecular flexibility index (Phi) is 7.61. The van der Waals surface area contributed by atoms with Gasteiger partial charge >= 0.3 is 6.61 Å². The van der Waals surface area contributed by atoms with Gasteiger partial charge in [-0.05, 0) is 42.7 Å². The zero-order valence-electron chi connectivity index (χ0n) is 16.0. The second-order valence-corrected chi connectivity index (χ2v) is 7.25. The Morgan fingerprint density at radius 3 is 2.57 bits per heavy atom. The number of ether oxygens (including phenoxy) is 1. The number of hydrogen-bond donors (Lipinski definition) is 2. The van der Waals surface area contributed by atoms with Crippen LogP contribution in [0.1, 0.15) is 12.0 Å². The molecule has 3 N–H and O–H groups in total. The Labute approximate surface area is 176 Å². The molecule has 10 heteroatoms. The second kappa shape index (κ2) is 10.6. The highest BCUT2D eigenvalue weighted by Gasteiger charge is 2.14. The van der Waals surface area contributed by atoms with Crippen LogP contribution in [0.2, 0.25) is 0 Å². The van der Waals surface area contributed by atoms with Gasteiger partial charge in [0.05, 0.1) is 5.75 Å². The van der Waals surface area contributed by atoms with Crippen LogP contribution in [-0.4, -0.2) is 39.7 Å². The second-order valence-electron chi connectivity index (χ2n) is 6.31. The fourth-order valence-corrected chi connectivity index (χ4v) is 3.39. The molecular formula is C20H21F2N5O2S. The number of thioether (sulfide) groups is 1. The van der Waals surface area contributed by atoms with Gasteiger partial charge < -0.3 is 15.9 Å². The molecule has 0 bridgehead atoms. The first-order chi connectivity index (χ1) is 14.5. The molecule has 0 aliphatic heterocycles. The summed E-state index contributed by atoms with van der Waals surface area (Å²) in [5.74, 6) is 6.44. The molecule has 0 atom stereocenters. The molecule has 1 amide bonds. The quantitative estimate of drug-likeness (QED) is 0.290. The fraction of sp³-hybridized carbons (Fsp3) is 0.250. The molecule has 3 aromatic rings. The van der Waals surface area contributed by atoms with E-state index in [1.807, 2.05) is 18.2 Å². The Morgan fingerprint density at radius 2 is 1.87 bits per heavy atom. The zero-order valence-corrected chi connectivity index (χ0v) is 16.8. The van der Waals surface area contributed by atoms with E-state index >= 15 is 0 Å². The van der Waals surface area contributed by atoms with Gasteiger partial charge in [0.1, 0.15) is 5.75 Å². The van der Waals surface area contributed by atoms with Gasteiger partial charge in [0, 0.05) is 12.1 Å². The number of nitrogens with one attached hydrogen (secondary N) is 1. The SMILES string of the molecule is Nn1c(SCC(=O)NCCCc2ccccc2)nnc1-c1ccc(OC(F)F)cc1. The maximum atomic E-state index is 12.2. The van der Waals surface area contributed by atoms with Gasteiger partial charge in [-0.15, -0.1) is 10.2 Å². The summed E-state index contributed by atoms with van der Waals surface area (Å²) < 4.78 is 30.0. The van der Waals surface area contributed by atoms with Crippen LogP contribution in [0.15, 0.2) is 59.8 Å². The Balaban J connectivity index is 1.46. The van der Waals surface area contributed by atoms with Gasteiger partial charge in [-0.25, -0.2) is 4.68 Å². The van der Waals surface area contributed by atoms with Crippen LogP contribution in [0, 0.1) is 0 Å². The molecule has 2 aromatic carbocycles. The lowest BCUT2D eigenvalue weighted by atomic mass is 10.1. The van der Waals surface area contributed by atoms with Crippen molar-refractivity contribution >= 4 is 17.7 Å². The van der Waals surface area contributed by atoms with Crippen molar-refractivity contribution in [2.75, 3.05) is 18.1 Å². The smallest absolute Gasteiger partial charge is 0.387 e. The van der Waals surface area contributed by atoms with E-state index in [9.17, 15) is 13.6 Å². The minimum Gasteiger partial charge on any atom is -0.435 e. The highest BCUT2D eigenvalue weighted by molar-refractivity contribution is 7.99. The van der Waals surface area contributed by atoms with E-state index in [0.29, 0.717) is 23.1 Å². The lowest BCUT2D eigenvalue weighted by Gasteiger charge is -2.07. The van der Waals surface area contributed by atoms with Crippen molar-refractivity contribution < 1.29 is 18.3 Å². The van der Waals surface area contributed by atoms with Gasteiger partial charge in [0.25, 0.3) is 0 Å². The minimum atomic E-state index is -2.89. The van der Waals surface area contributed by atoms with Crippen LogP contribution in [0.5, 0.6) is 5.75 Å². The van der Waals surface area contributed by atoms with Crippen LogP contribution < -0.4 is 15.9 Å². The van der Waals surface area contributed by atoms with Crippen LogP contribution in [0.3, 0.4) is 0 Å². The summed E-state index contributed by atoms with van der Waals surface area (Å²) in [7, 11) is 0. The third-order valence-electron chi connectivity index (χ3n) is 4.14. The van der Waals surface area contributed by atoms with E-state index in [-0.39, 0.29) is 17.4 Å². The minimum absolute atomic E-state index is 0.0374. The van der Waals surface area contributed by atoms with Crippen molar-refractivity contribution in [2.45, 2.75) is 24.6 Å². The number of benzene rings is 2. The number of nitrogens with two attached hydrogens (primary N) is 1. The summed E-state index contributed by atoms with van der Waals surface area (Å²) in [6.45, 7) is -2.30. The summed E-state index contributed by atoms with van der Waals surface area (Å²) in [4.78, 5) is 12.0. The third kappa shape index (κ3) is 6.18. The predicted molar refractivity (Wildman–Crippen MR) is 111 cm³/mol. The maximum absolute atomic E-state index is 12.2. The van der Waals surface area contributed by atoms with Crippen molar-refractivity contribution in [2.24, 2.45) is 0 Å². The summed E-state index contributed by atoms with van der Waals surface area (Å²) >= 11 is 1.17. The first kappa shape index (κ1) is 21.6. The molecule has 1 heterocycles. The molecule has 0 saturated carbocycles. The van der Waals surface area contributed by atoms with Crippen LogP contribution >= 0.6 is 11.8 Å². The number of hydrogen-bond acceptors (Lipinski definition) is 6.